The predicted molar refractivity (Wildman–Crippen MR) is 135 cm³/mol. The summed E-state index contributed by atoms with van der Waals surface area (Å²) >= 11 is 0. The molecule has 2 fully saturated rings. The number of amides is 1. The van der Waals surface area contributed by atoms with Gasteiger partial charge in [0.15, 0.2) is 0 Å². The molecule has 1 aromatic heterocycles. The van der Waals surface area contributed by atoms with E-state index in [4.69, 9.17) is 10.2 Å². The summed E-state index contributed by atoms with van der Waals surface area (Å²) in [4.78, 5) is 44.6. The lowest BCUT2D eigenvalue weighted by molar-refractivity contribution is -0.134. The number of rotatable bonds is 6. The van der Waals surface area contributed by atoms with Gasteiger partial charge < -0.3 is 20.1 Å². The zero-order valence-corrected chi connectivity index (χ0v) is 20.0. The van der Waals surface area contributed by atoms with E-state index in [0.717, 1.165) is 53.9 Å². The normalized spacial score (nSPS) is 17.9. The molecule has 1 atom stereocenters. The van der Waals surface area contributed by atoms with Crippen molar-refractivity contribution in [2.75, 3.05) is 26.2 Å². The van der Waals surface area contributed by atoms with Crippen LogP contribution in [0.1, 0.15) is 41.0 Å². The number of hydrogen-bond donors (Lipinski definition) is 3. The SMILES string of the molecule is O=C(O)/C=C/C(=O)O.O=C(c1ccc(Cc2nc3ccccc3[nH]2)cc1)N1CCC(N2CCCC2)C1. The summed E-state index contributed by atoms with van der Waals surface area (Å²) in [5, 5.41) is 15.6. The average molecular weight is 491 g/mol. The van der Waals surface area contributed by atoms with Crippen LogP contribution in [0, 0.1) is 0 Å². The smallest absolute Gasteiger partial charge is 0.328 e. The van der Waals surface area contributed by atoms with Crippen LogP contribution < -0.4 is 0 Å². The first-order chi connectivity index (χ1) is 17.4. The molecule has 0 radical (unpaired) electrons. The standard InChI is InChI=1S/C23H26N4O.C4H4O4/c28-23(27-14-11-19(16-27)26-12-3-4-13-26)18-9-7-17(8-10-18)15-22-24-20-5-1-2-6-21(20)25-22;5-3(6)1-2-4(7)8/h1-2,5-10,19H,3-4,11-16H2,(H,24,25);1-2H,(H,5,6)(H,7,8)/b;2-1+. The Balaban J connectivity index is 0.000000331. The number of aromatic nitrogens is 2. The van der Waals surface area contributed by atoms with Gasteiger partial charge in [0.25, 0.3) is 5.91 Å². The molecule has 0 bridgehead atoms. The van der Waals surface area contributed by atoms with Crippen molar-refractivity contribution in [1.29, 1.82) is 0 Å². The van der Waals surface area contributed by atoms with Gasteiger partial charge >= 0.3 is 11.9 Å². The van der Waals surface area contributed by atoms with E-state index >= 15 is 0 Å². The summed E-state index contributed by atoms with van der Waals surface area (Å²) in [7, 11) is 0. The quantitative estimate of drug-likeness (QED) is 0.453. The molecule has 3 aromatic rings. The minimum absolute atomic E-state index is 0.164. The Morgan fingerprint density at radius 2 is 1.61 bits per heavy atom. The third-order valence-electron chi connectivity index (χ3n) is 6.49. The lowest BCUT2D eigenvalue weighted by Gasteiger charge is -2.23. The first-order valence-electron chi connectivity index (χ1n) is 12.1. The van der Waals surface area contributed by atoms with Gasteiger partial charge in [-0.1, -0.05) is 24.3 Å². The fourth-order valence-corrected chi connectivity index (χ4v) is 4.70. The van der Waals surface area contributed by atoms with Gasteiger partial charge in [0.05, 0.1) is 11.0 Å². The number of H-pyrrole nitrogens is 1. The molecule has 3 heterocycles. The highest BCUT2D eigenvalue weighted by Gasteiger charge is 2.31. The van der Waals surface area contributed by atoms with Gasteiger partial charge in [-0.2, -0.15) is 0 Å². The Hall–Kier alpha value is -3.98. The number of para-hydroxylation sites is 2. The second-order valence-electron chi connectivity index (χ2n) is 9.02. The minimum Gasteiger partial charge on any atom is -0.478 e. The van der Waals surface area contributed by atoms with Crippen LogP contribution in [0.3, 0.4) is 0 Å². The van der Waals surface area contributed by atoms with Gasteiger partial charge in [-0.3, -0.25) is 9.69 Å². The fourth-order valence-electron chi connectivity index (χ4n) is 4.70. The molecule has 5 rings (SSSR count). The van der Waals surface area contributed by atoms with Crippen LogP contribution in [-0.2, 0) is 16.0 Å². The van der Waals surface area contributed by atoms with Crippen LogP contribution in [0.15, 0.2) is 60.7 Å². The highest BCUT2D eigenvalue weighted by molar-refractivity contribution is 5.94. The van der Waals surface area contributed by atoms with E-state index < -0.39 is 11.9 Å². The molecule has 2 aromatic carbocycles. The number of benzene rings is 2. The molecule has 36 heavy (non-hydrogen) atoms. The Morgan fingerprint density at radius 3 is 2.25 bits per heavy atom. The number of aliphatic carboxylic acids is 2. The van der Waals surface area contributed by atoms with Crippen molar-refractivity contribution >= 4 is 28.9 Å². The summed E-state index contributed by atoms with van der Waals surface area (Å²) in [6.45, 7) is 4.15. The van der Waals surface area contributed by atoms with Crippen molar-refractivity contribution in [1.82, 2.24) is 19.8 Å². The molecule has 1 amide bonds. The molecule has 2 saturated heterocycles. The number of carboxylic acids is 2. The number of nitrogens with zero attached hydrogens (tertiary/aromatic N) is 3. The van der Waals surface area contributed by atoms with Crippen LogP contribution in [-0.4, -0.2) is 80.0 Å². The van der Waals surface area contributed by atoms with Crippen molar-refractivity contribution in [2.45, 2.75) is 31.7 Å². The minimum atomic E-state index is -1.26. The molecule has 2 aliphatic heterocycles. The lowest BCUT2D eigenvalue weighted by atomic mass is 10.1. The predicted octanol–water partition coefficient (Wildman–Crippen LogP) is 3.18. The third kappa shape index (κ3) is 6.57. The lowest BCUT2D eigenvalue weighted by Crippen LogP contribution is -2.37. The van der Waals surface area contributed by atoms with Crippen molar-refractivity contribution in [3.63, 3.8) is 0 Å². The molecule has 188 valence electrons. The number of likely N-dealkylation sites (tertiary alicyclic amines) is 2. The van der Waals surface area contributed by atoms with Crippen molar-refractivity contribution in [3.05, 3.63) is 77.6 Å². The largest absolute Gasteiger partial charge is 0.478 e. The third-order valence-corrected chi connectivity index (χ3v) is 6.49. The number of hydrogen-bond acceptors (Lipinski definition) is 5. The number of nitrogens with one attached hydrogen (secondary N) is 1. The van der Waals surface area contributed by atoms with Gasteiger partial charge in [-0.05, 0) is 62.2 Å². The zero-order chi connectivity index (χ0) is 25.5. The van der Waals surface area contributed by atoms with Crippen molar-refractivity contribution in [2.24, 2.45) is 0 Å². The van der Waals surface area contributed by atoms with Gasteiger partial charge in [0, 0.05) is 43.3 Å². The molecular formula is C27H30N4O5. The molecule has 9 heteroatoms. The average Bonchev–Trinajstić information content (AvgIpc) is 3.63. The topological polar surface area (TPSA) is 127 Å². The van der Waals surface area contributed by atoms with Crippen LogP contribution in [0.4, 0.5) is 0 Å². The second kappa shape index (κ2) is 11.6. The van der Waals surface area contributed by atoms with E-state index in [9.17, 15) is 14.4 Å². The molecule has 0 saturated carbocycles. The number of fused-ring (bicyclic) bond motifs is 1. The summed E-state index contributed by atoms with van der Waals surface area (Å²) < 4.78 is 0. The molecule has 2 aliphatic rings. The molecule has 3 N–H and O–H groups in total. The fraction of sp³-hybridized carbons (Fsp3) is 0.333. The summed E-state index contributed by atoms with van der Waals surface area (Å²) in [5.41, 5.74) is 4.00. The number of carbonyl (C=O) groups is 3. The number of imidazole rings is 1. The van der Waals surface area contributed by atoms with E-state index in [1.807, 2.05) is 41.3 Å². The van der Waals surface area contributed by atoms with Crippen LogP contribution in [0.2, 0.25) is 0 Å². The Morgan fingerprint density at radius 1 is 0.944 bits per heavy atom. The monoisotopic (exact) mass is 490 g/mol. The van der Waals surface area contributed by atoms with E-state index in [1.54, 1.807) is 0 Å². The van der Waals surface area contributed by atoms with Crippen LogP contribution in [0.25, 0.3) is 11.0 Å². The highest BCUT2D eigenvalue weighted by atomic mass is 16.4. The first kappa shape index (κ1) is 25.1. The number of aromatic amines is 1. The maximum Gasteiger partial charge on any atom is 0.328 e. The van der Waals surface area contributed by atoms with E-state index in [-0.39, 0.29) is 5.91 Å². The molecule has 0 aliphatic carbocycles. The summed E-state index contributed by atoms with van der Waals surface area (Å²) in [6.07, 6.45) is 5.57. The second-order valence-corrected chi connectivity index (χ2v) is 9.02. The molecule has 9 nitrogen and oxygen atoms in total. The van der Waals surface area contributed by atoms with E-state index in [0.29, 0.717) is 18.2 Å². The van der Waals surface area contributed by atoms with Gasteiger partial charge in [0.2, 0.25) is 0 Å². The zero-order valence-electron chi connectivity index (χ0n) is 20.0. The summed E-state index contributed by atoms with van der Waals surface area (Å²) in [6, 6.07) is 16.6. The number of carbonyl (C=O) groups excluding carboxylic acids is 1. The Bertz CT molecular complexity index is 1200. The first-order valence-corrected chi connectivity index (χ1v) is 12.1. The Labute approximate surface area is 209 Å². The van der Waals surface area contributed by atoms with Crippen molar-refractivity contribution < 1.29 is 24.6 Å². The Kier molecular flexibility index (Phi) is 8.12. The van der Waals surface area contributed by atoms with Gasteiger partial charge in [-0.25, -0.2) is 14.6 Å². The van der Waals surface area contributed by atoms with Crippen LogP contribution >= 0.6 is 0 Å². The van der Waals surface area contributed by atoms with Gasteiger partial charge in [0.1, 0.15) is 5.82 Å². The van der Waals surface area contributed by atoms with Gasteiger partial charge in [-0.15, -0.1) is 0 Å². The summed E-state index contributed by atoms with van der Waals surface area (Å²) in [5.74, 6) is -1.40. The van der Waals surface area contributed by atoms with Crippen molar-refractivity contribution in [3.8, 4) is 0 Å². The maximum atomic E-state index is 12.9. The number of carboxylic acid groups (broad SMARTS) is 2. The maximum absolute atomic E-state index is 12.9. The molecule has 1 unspecified atom stereocenters. The van der Waals surface area contributed by atoms with E-state index in [2.05, 4.69) is 27.0 Å². The molecular weight excluding hydrogens is 460 g/mol. The molecule has 0 spiro atoms. The van der Waals surface area contributed by atoms with E-state index in [1.165, 1.54) is 25.9 Å². The highest BCUT2D eigenvalue weighted by Crippen LogP contribution is 2.22. The van der Waals surface area contributed by atoms with Crippen LogP contribution in [0.5, 0.6) is 0 Å².